The first-order chi connectivity index (χ1) is 20.5. The summed E-state index contributed by atoms with van der Waals surface area (Å²) in [5.74, 6) is 0.0940. The number of amides is 1. The number of carbonyl (C=O) groups excluding carboxylic acids is 4. The normalized spacial score (nSPS) is 45.9. The van der Waals surface area contributed by atoms with Gasteiger partial charge in [-0.25, -0.2) is 0 Å². The number of hydrogen-bond donors (Lipinski definition) is 1. The van der Waals surface area contributed by atoms with Crippen molar-refractivity contribution in [2.24, 2.45) is 62.4 Å². The van der Waals surface area contributed by atoms with E-state index >= 15 is 0 Å². The van der Waals surface area contributed by atoms with Gasteiger partial charge in [-0.2, -0.15) is 0 Å². The van der Waals surface area contributed by atoms with E-state index in [-0.39, 0.29) is 77.1 Å². The lowest BCUT2D eigenvalue weighted by atomic mass is 9.32. The maximum Gasteiger partial charge on any atom is 0.302 e. The Hall–Kier alpha value is -2.38. The molecule has 0 saturated heterocycles. The van der Waals surface area contributed by atoms with Gasteiger partial charge in [-0.15, -0.1) is 0 Å². The maximum atomic E-state index is 13.3. The molecule has 5 fully saturated rings. The molecule has 8 nitrogen and oxygen atoms in total. The summed E-state index contributed by atoms with van der Waals surface area (Å²) >= 11 is 0. The summed E-state index contributed by atoms with van der Waals surface area (Å²) in [6, 6.07) is 0. The van der Waals surface area contributed by atoms with Crippen LogP contribution < -0.4 is 5.73 Å². The molecule has 2 N–H and O–H groups in total. The van der Waals surface area contributed by atoms with Crippen molar-refractivity contribution in [1.82, 2.24) is 0 Å². The van der Waals surface area contributed by atoms with Gasteiger partial charge in [0.25, 0.3) is 0 Å². The molecular weight excluding hydrogens is 558 g/mol. The van der Waals surface area contributed by atoms with E-state index in [2.05, 4.69) is 34.3 Å². The van der Waals surface area contributed by atoms with Crippen LogP contribution >= 0.6 is 0 Å². The summed E-state index contributed by atoms with van der Waals surface area (Å²) in [7, 11) is 0. The molecule has 0 aromatic carbocycles. The molecule has 0 aromatic rings. The molecular formula is C36H55NO7. The van der Waals surface area contributed by atoms with Crippen LogP contribution in [-0.4, -0.2) is 43.1 Å². The van der Waals surface area contributed by atoms with E-state index in [0.717, 1.165) is 69.8 Å². The molecule has 5 aliphatic rings. The van der Waals surface area contributed by atoms with E-state index in [1.807, 2.05) is 0 Å². The highest BCUT2D eigenvalue weighted by molar-refractivity contribution is 5.82. The van der Waals surface area contributed by atoms with Crippen molar-refractivity contribution in [3.8, 4) is 0 Å². The van der Waals surface area contributed by atoms with Crippen LogP contribution in [0.4, 0.5) is 0 Å². The SMILES string of the molecule is C=C(COC(C)=O)[C@@H]1CC[C@]2(C(N)=O)CC[C@]3(C)C(CC[C@@H]4[C@@]5(C)CC[C@H](OC(C)=O)[C@@](C)(COC(C)=O)[C@@H]5CC[C@]43C)[C@@H]12. The molecule has 5 aliphatic carbocycles. The zero-order chi connectivity index (χ0) is 32.5. The summed E-state index contributed by atoms with van der Waals surface area (Å²) in [6.45, 7) is 18.8. The second kappa shape index (κ2) is 11.2. The summed E-state index contributed by atoms with van der Waals surface area (Å²) in [5, 5.41) is 0. The summed E-state index contributed by atoms with van der Waals surface area (Å²) in [5.41, 5.74) is 6.18. The standard InChI is InChI=1S/C36H55NO7/c1-21(19-42-22(2)38)25-11-16-36(31(37)41)18-17-34(7)26(30(25)36)9-10-28-32(5)14-13-29(44-24(4)40)33(6,20-43-23(3)39)27(32)12-15-35(28,34)8/h25-30H,1,9-20H2,2-8H3,(H2,37,41)/t25-,26?,27+,28+,29-,30+,32-,33-,34+,35+,36-/m0/s1. The van der Waals surface area contributed by atoms with Crippen LogP contribution in [0.1, 0.15) is 113 Å². The van der Waals surface area contributed by atoms with Crippen LogP contribution in [-0.2, 0) is 33.4 Å². The van der Waals surface area contributed by atoms with Crippen LogP contribution in [0.15, 0.2) is 12.2 Å². The van der Waals surface area contributed by atoms with Crippen molar-refractivity contribution in [2.75, 3.05) is 13.2 Å². The third kappa shape index (κ3) is 4.74. The van der Waals surface area contributed by atoms with E-state index in [0.29, 0.717) is 11.8 Å². The number of nitrogens with two attached hydrogens (primary N) is 1. The van der Waals surface area contributed by atoms with Gasteiger partial charge in [0.05, 0.1) is 5.41 Å². The van der Waals surface area contributed by atoms with Gasteiger partial charge in [0.15, 0.2) is 0 Å². The highest BCUT2D eigenvalue weighted by Gasteiger charge is 2.72. The Labute approximate surface area is 263 Å². The van der Waals surface area contributed by atoms with E-state index in [4.69, 9.17) is 19.9 Å². The highest BCUT2D eigenvalue weighted by atomic mass is 16.6. The van der Waals surface area contributed by atoms with Crippen molar-refractivity contribution in [3.05, 3.63) is 12.2 Å². The van der Waals surface area contributed by atoms with Crippen molar-refractivity contribution in [2.45, 2.75) is 119 Å². The van der Waals surface area contributed by atoms with Crippen LogP contribution in [0.25, 0.3) is 0 Å². The summed E-state index contributed by atoms with van der Waals surface area (Å²) < 4.78 is 17.0. The zero-order valence-corrected chi connectivity index (χ0v) is 28.1. The van der Waals surface area contributed by atoms with Gasteiger partial charge >= 0.3 is 17.9 Å². The lowest BCUT2D eigenvalue weighted by molar-refractivity contribution is -0.256. The minimum Gasteiger partial charge on any atom is -0.465 e. The maximum absolute atomic E-state index is 13.3. The molecule has 0 spiro atoms. The molecule has 0 aliphatic heterocycles. The Morgan fingerprint density at radius 3 is 2.05 bits per heavy atom. The van der Waals surface area contributed by atoms with Crippen LogP contribution in [0.3, 0.4) is 0 Å². The topological polar surface area (TPSA) is 122 Å². The third-order valence-electron chi connectivity index (χ3n) is 14.5. The quantitative estimate of drug-likeness (QED) is 0.208. The first-order valence-electron chi connectivity index (χ1n) is 16.9. The molecule has 0 heterocycles. The lowest BCUT2D eigenvalue weighted by Crippen LogP contribution is -2.68. The molecule has 1 amide bonds. The first kappa shape index (κ1) is 33.0. The predicted octanol–water partition coefficient (Wildman–Crippen LogP) is 6.15. The average Bonchev–Trinajstić information content (AvgIpc) is 3.34. The van der Waals surface area contributed by atoms with E-state index in [1.54, 1.807) is 0 Å². The predicted molar refractivity (Wildman–Crippen MR) is 166 cm³/mol. The first-order valence-corrected chi connectivity index (χ1v) is 16.9. The number of esters is 3. The van der Waals surface area contributed by atoms with E-state index in [9.17, 15) is 19.2 Å². The van der Waals surface area contributed by atoms with Crippen molar-refractivity contribution in [3.63, 3.8) is 0 Å². The molecule has 0 bridgehead atoms. The van der Waals surface area contributed by atoms with Gasteiger partial charge in [0.2, 0.25) is 5.91 Å². The fraction of sp³-hybridized carbons (Fsp3) is 0.833. The van der Waals surface area contributed by atoms with E-state index < -0.39 is 10.8 Å². The van der Waals surface area contributed by atoms with Gasteiger partial charge in [-0.05, 0) is 116 Å². The largest absolute Gasteiger partial charge is 0.465 e. The highest BCUT2D eigenvalue weighted by Crippen LogP contribution is 2.77. The average molecular weight is 614 g/mol. The fourth-order valence-corrected chi connectivity index (χ4v) is 12.4. The molecule has 0 aromatic heterocycles. The van der Waals surface area contributed by atoms with Gasteiger partial charge in [0, 0.05) is 26.2 Å². The van der Waals surface area contributed by atoms with Gasteiger partial charge in [-0.3, -0.25) is 19.2 Å². The number of fused-ring (bicyclic) bond motifs is 7. The van der Waals surface area contributed by atoms with E-state index in [1.165, 1.54) is 20.8 Å². The molecule has 44 heavy (non-hydrogen) atoms. The molecule has 246 valence electrons. The van der Waals surface area contributed by atoms with Crippen LogP contribution in [0, 0.1) is 56.7 Å². The minimum absolute atomic E-state index is 0.00314. The molecule has 5 saturated carbocycles. The number of carbonyl (C=O) groups is 4. The zero-order valence-electron chi connectivity index (χ0n) is 28.1. The monoisotopic (exact) mass is 613 g/mol. The fourth-order valence-electron chi connectivity index (χ4n) is 12.4. The number of ether oxygens (including phenoxy) is 3. The summed E-state index contributed by atoms with van der Waals surface area (Å²) in [6.07, 6.45) is 8.88. The lowest BCUT2D eigenvalue weighted by Gasteiger charge is -2.72. The van der Waals surface area contributed by atoms with Crippen molar-refractivity contribution >= 4 is 23.8 Å². The van der Waals surface area contributed by atoms with Crippen LogP contribution in [0.2, 0.25) is 0 Å². The number of hydrogen-bond acceptors (Lipinski definition) is 7. The van der Waals surface area contributed by atoms with Crippen molar-refractivity contribution < 1.29 is 33.4 Å². The van der Waals surface area contributed by atoms with Gasteiger partial charge in [-0.1, -0.05) is 34.3 Å². The Morgan fingerprint density at radius 1 is 0.750 bits per heavy atom. The molecule has 5 rings (SSSR count). The van der Waals surface area contributed by atoms with Crippen LogP contribution in [0.5, 0.6) is 0 Å². The minimum atomic E-state index is -0.539. The third-order valence-corrected chi connectivity index (χ3v) is 14.5. The number of primary amides is 1. The molecule has 0 radical (unpaired) electrons. The second-order valence-electron chi connectivity index (χ2n) is 16.2. The Kier molecular flexibility index (Phi) is 8.36. The van der Waals surface area contributed by atoms with Crippen molar-refractivity contribution in [1.29, 1.82) is 0 Å². The van der Waals surface area contributed by atoms with Gasteiger partial charge < -0.3 is 19.9 Å². The van der Waals surface area contributed by atoms with Gasteiger partial charge in [0.1, 0.15) is 19.3 Å². The Balaban J connectivity index is 1.51. The summed E-state index contributed by atoms with van der Waals surface area (Å²) in [4.78, 5) is 49.1. The second-order valence-corrected chi connectivity index (χ2v) is 16.2. The Bertz CT molecular complexity index is 1230. The Morgan fingerprint density at radius 2 is 1.43 bits per heavy atom. The molecule has 1 unspecified atom stereocenters. The molecule has 8 heteroatoms. The molecule has 11 atom stereocenters. The smallest absolute Gasteiger partial charge is 0.302 e. The number of rotatable bonds is 7.